The molecule has 0 amide bonds. The Morgan fingerprint density at radius 1 is 1.15 bits per heavy atom. The maximum atomic E-state index is 11.9. The molecule has 0 aromatic rings. The maximum Gasteiger partial charge on any atom is 0.134 e. The number of hydrogen-bond acceptors (Lipinski definition) is 2. The number of carbonyl (C=O) groups excluding carboxylic acids is 1. The zero-order chi connectivity index (χ0) is 10.3. The minimum Gasteiger partial charge on any atom is -0.300 e. The number of rotatable bonds is 0. The van der Waals surface area contributed by atoms with Crippen LogP contribution in [0.3, 0.4) is 0 Å². The molecule has 1 heterocycles. The first-order valence-electron chi connectivity index (χ1n) is 4.75. The normalized spacial score (nSPS) is 28.5. The van der Waals surface area contributed by atoms with Gasteiger partial charge in [-0.2, -0.15) is 0 Å². The van der Waals surface area contributed by atoms with Gasteiger partial charge < -0.3 is 0 Å². The van der Waals surface area contributed by atoms with Gasteiger partial charge in [-0.25, -0.2) is 0 Å². The van der Waals surface area contributed by atoms with Crippen LogP contribution in [0.4, 0.5) is 0 Å². The van der Waals surface area contributed by atoms with E-state index < -0.39 is 11.1 Å². The Morgan fingerprint density at radius 2 is 1.69 bits per heavy atom. The van der Waals surface area contributed by atoms with Crippen LogP contribution in [-0.4, -0.2) is 21.9 Å². The van der Waals surface area contributed by atoms with Crippen LogP contribution in [0.2, 0.25) is 0 Å². The molecular weight excluding hydrogens is 166 g/mol. The molecule has 0 unspecified atom stereocenters. The largest absolute Gasteiger partial charge is 0.300 e. The summed E-state index contributed by atoms with van der Waals surface area (Å²) in [6.45, 7) is 7.48. The highest BCUT2D eigenvalue weighted by Gasteiger charge is 2.42. The average Bonchev–Trinajstić information content (AvgIpc) is 2.03. The molecule has 0 bridgehead atoms. The number of nitrogens with zero attached hydrogens (tertiary/aromatic N) is 1. The van der Waals surface area contributed by atoms with Crippen LogP contribution in [0.15, 0.2) is 0 Å². The lowest BCUT2D eigenvalue weighted by atomic mass is 9.95. The van der Waals surface area contributed by atoms with Gasteiger partial charge in [0.2, 0.25) is 0 Å². The third-order valence-electron chi connectivity index (χ3n) is 2.74. The first-order valence-corrected chi connectivity index (χ1v) is 4.75. The Morgan fingerprint density at radius 3 is 2.23 bits per heavy atom. The molecule has 0 saturated carbocycles. The lowest BCUT2D eigenvalue weighted by Crippen LogP contribution is -2.51. The van der Waals surface area contributed by atoms with Crippen molar-refractivity contribution in [3.05, 3.63) is 0 Å². The van der Waals surface area contributed by atoms with Gasteiger partial charge >= 0.3 is 0 Å². The summed E-state index contributed by atoms with van der Waals surface area (Å²) >= 11 is 0. The number of hydrogen-bond donors (Lipinski definition) is 0. The molecule has 0 aromatic carbocycles. The third-order valence-corrected chi connectivity index (χ3v) is 2.74. The lowest BCUT2D eigenvalue weighted by molar-refractivity contribution is -0.268. The Balaban J connectivity index is 2.94. The predicted molar refractivity (Wildman–Crippen MR) is 49.5 cm³/mol. The van der Waals surface area contributed by atoms with Gasteiger partial charge in [0.1, 0.15) is 5.78 Å². The zero-order valence-corrected chi connectivity index (χ0v) is 8.89. The third kappa shape index (κ3) is 2.09. The van der Waals surface area contributed by atoms with Gasteiger partial charge in [0.15, 0.2) is 0 Å². The Labute approximate surface area is 79.7 Å². The van der Waals surface area contributed by atoms with E-state index in [1.807, 2.05) is 27.7 Å². The molecule has 3 heteroatoms. The summed E-state index contributed by atoms with van der Waals surface area (Å²) in [7, 11) is 0. The number of ketones is 1. The van der Waals surface area contributed by atoms with Crippen LogP contribution in [0.5, 0.6) is 0 Å². The van der Waals surface area contributed by atoms with E-state index in [9.17, 15) is 10.0 Å². The van der Waals surface area contributed by atoms with Crippen molar-refractivity contribution in [2.75, 3.05) is 0 Å². The van der Waals surface area contributed by atoms with Gasteiger partial charge in [0, 0.05) is 18.4 Å². The van der Waals surface area contributed by atoms with Crippen molar-refractivity contribution < 1.29 is 10.0 Å². The van der Waals surface area contributed by atoms with Gasteiger partial charge in [-0.15, -0.1) is 10.3 Å². The van der Waals surface area contributed by atoms with E-state index in [1.165, 1.54) is 0 Å². The smallest absolute Gasteiger partial charge is 0.134 e. The molecule has 0 N–H and O–H groups in total. The molecule has 1 radical (unpaired) electrons. The van der Waals surface area contributed by atoms with Crippen molar-refractivity contribution in [1.29, 1.82) is 0 Å². The molecule has 1 rings (SSSR count). The molecule has 3 nitrogen and oxygen atoms in total. The summed E-state index contributed by atoms with van der Waals surface area (Å²) in [5.74, 6) is 0.205. The molecule has 1 saturated heterocycles. The fourth-order valence-electron chi connectivity index (χ4n) is 2.01. The van der Waals surface area contributed by atoms with Crippen LogP contribution in [-0.2, 0) is 10.0 Å². The highest BCUT2D eigenvalue weighted by Crippen LogP contribution is 2.33. The van der Waals surface area contributed by atoms with Crippen LogP contribution in [0.25, 0.3) is 0 Å². The van der Waals surface area contributed by atoms with Gasteiger partial charge in [-0.1, -0.05) is 0 Å². The number of Topliss-reactive ketones (excluding diaryl/α,β-unsaturated/α-hetero) is 1. The molecule has 1 aliphatic rings. The van der Waals surface area contributed by atoms with E-state index in [0.29, 0.717) is 19.3 Å². The summed E-state index contributed by atoms with van der Waals surface area (Å²) in [6.07, 6.45) is 1.58. The fourth-order valence-corrected chi connectivity index (χ4v) is 2.01. The molecule has 0 atom stereocenters. The summed E-state index contributed by atoms with van der Waals surface area (Å²) in [5, 5.41) is 13.0. The van der Waals surface area contributed by atoms with Crippen molar-refractivity contribution in [1.82, 2.24) is 5.06 Å². The minimum absolute atomic E-state index is 0.205. The van der Waals surface area contributed by atoms with Crippen LogP contribution < -0.4 is 0 Å². The second-order valence-corrected chi connectivity index (χ2v) is 5.13. The maximum absolute atomic E-state index is 11.9. The standard InChI is InChI=1S/C10H18NO2/c1-9(2)6-5-8(12)7-10(3,4)11(9)13/h5-7H2,1-4H3. The molecule has 75 valence electrons. The Hall–Kier alpha value is -0.410. The van der Waals surface area contributed by atoms with Gasteiger partial charge in [-0.05, 0) is 34.1 Å². The monoisotopic (exact) mass is 184 g/mol. The second kappa shape index (κ2) is 3.07. The second-order valence-electron chi connectivity index (χ2n) is 5.13. The molecule has 0 aromatic heterocycles. The van der Waals surface area contributed by atoms with E-state index in [2.05, 4.69) is 0 Å². The first-order chi connectivity index (χ1) is 5.76. The highest BCUT2D eigenvalue weighted by molar-refractivity contribution is 5.79. The minimum atomic E-state index is -0.545. The summed E-state index contributed by atoms with van der Waals surface area (Å²) in [5.41, 5.74) is -0.952. The fraction of sp³-hybridized carbons (Fsp3) is 0.900. The highest BCUT2D eigenvalue weighted by atomic mass is 16.5. The van der Waals surface area contributed by atoms with E-state index in [0.717, 1.165) is 5.06 Å². The summed E-state index contributed by atoms with van der Waals surface area (Å²) < 4.78 is 0. The molecule has 0 aliphatic carbocycles. The van der Waals surface area contributed by atoms with E-state index in [4.69, 9.17) is 0 Å². The molecular formula is C10H18NO2. The molecule has 0 spiro atoms. The molecule has 1 fully saturated rings. The molecule has 1 aliphatic heterocycles. The summed E-state index contributed by atoms with van der Waals surface area (Å²) in [6, 6.07) is 0. The van der Waals surface area contributed by atoms with Crippen molar-refractivity contribution in [2.24, 2.45) is 0 Å². The first kappa shape index (κ1) is 10.7. The van der Waals surface area contributed by atoms with Crippen LogP contribution >= 0.6 is 0 Å². The van der Waals surface area contributed by atoms with Crippen LogP contribution in [0, 0.1) is 0 Å². The van der Waals surface area contributed by atoms with E-state index in [-0.39, 0.29) is 5.78 Å². The van der Waals surface area contributed by atoms with E-state index >= 15 is 0 Å². The SMILES string of the molecule is CC1(C)CCC(=O)CC(C)(C)N1[O]. The van der Waals surface area contributed by atoms with Gasteiger partial charge in [-0.3, -0.25) is 4.79 Å². The van der Waals surface area contributed by atoms with Crippen molar-refractivity contribution in [3.63, 3.8) is 0 Å². The van der Waals surface area contributed by atoms with Gasteiger partial charge in [0.05, 0.1) is 5.54 Å². The average molecular weight is 184 g/mol. The van der Waals surface area contributed by atoms with Crippen molar-refractivity contribution >= 4 is 5.78 Å². The quantitative estimate of drug-likeness (QED) is 0.577. The Bertz CT molecular complexity index is 221. The Kier molecular flexibility index (Phi) is 2.52. The zero-order valence-electron chi connectivity index (χ0n) is 8.89. The summed E-state index contributed by atoms with van der Waals surface area (Å²) in [4.78, 5) is 11.4. The number of carbonyl (C=O) groups is 1. The molecule has 13 heavy (non-hydrogen) atoms. The van der Waals surface area contributed by atoms with E-state index in [1.54, 1.807) is 0 Å². The van der Waals surface area contributed by atoms with Crippen molar-refractivity contribution in [3.8, 4) is 0 Å². The lowest BCUT2D eigenvalue weighted by Gasteiger charge is -2.39. The predicted octanol–water partition coefficient (Wildman–Crippen LogP) is 1.94. The van der Waals surface area contributed by atoms with Crippen molar-refractivity contribution in [2.45, 2.75) is 58.0 Å². The number of hydroxylamine groups is 2. The topological polar surface area (TPSA) is 40.2 Å². The van der Waals surface area contributed by atoms with Crippen LogP contribution in [0.1, 0.15) is 47.0 Å². The van der Waals surface area contributed by atoms with Gasteiger partial charge in [0.25, 0.3) is 0 Å².